The molecule has 0 aliphatic heterocycles. The van der Waals surface area contributed by atoms with Crippen molar-refractivity contribution in [2.45, 2.75) is 69.9 Å². The van der Waals surface area contributed by atoms with E-state index in [0.29, 0.717) is 6.25 Å². The Morgan fingerprint density at radius 2 is 0.975 bits per heavy atom. The van der Waals surface area contributed by atoms with Crippen molar-refractivity contribution in [1.82, 2.24) is 0 Å². The average molecular weight is 728 g/mol. The largest absolute Gasteiger partial charge is 1.00 e. The summed E-state index contributed by atoms with van der Waals surface area (Å²) < 4.78 is 9.32. The Bertz CT molecular complexity index is 1360. The first-order chi connectivity index (χ1) is 18.0. The predicted molar refractivity (Wildman–Crippen MR) is 160 cm³/mol. The molecule has 2 unspecified atom stereocenters. The van der Waals surface area contributed by atoms with E-state index in [1.54, 1.807) is 17.7 Å². The zero-order chi connectivity index (χ0) is 27.2. The summed E-state index contributed by atoms with van der Waals surface area (Å²) in [6, 6.07) is 9.40. The molecule has 4 heteroatoms. The maximum atomic E-state index is 2.57. The summed E-state index contributed by atoms with van der Waals surface area (Å²) in [4.78, 5) is 0. The minimum absolute atomic E-state index is 0. The molecule has 0 spiro atoms. The normalized spacial score (nSPS) is 22.5. The van der Waals surface area contributed by atoms with E-state index < -0.39 is 43.5 Å². The fourth-order valence-corrected chi connectivity index (χ4v) is 19.3. The molecule has 4 aliphatic rings. The van der Waals surface area contributed by atoms with Crippen molar-refractivity contribution in [2.75, 3.05) is 0 Å². The Kier molecular flexibility index (Phi) is 11.2. The minimum atomic E-state index is -1.63. The minimum Gasteiger partial charge on any atom is -1.00 e. The van der Waals surface area contributed by atoms with E-state index in [1.807, 2.05) is 0 Å². The molecule has 0 radical (unpaired) electrons. The zero-order valence-corrected chi connectivity index (χ0v) is 31.7. The van der Waals surface area contributed by atoms with Crippen LogP contribution in [-0.4, -0.2) is 0 Å². The Balaban J connectivity index is 0.000000210. The van der Waals surface area contributed by atoms with Gasteiger partial charge in [0.2, 0.25) is 0 Å². The average Bonchev–Trinajstić information content (AvgIpc) is 3.66. The van der Waals surface area contributed by atoms with Gasteiger partial charge in [0.25, 0.3) is 0 Å². The van der Waals surface area contributed by atoms with Gasteiger partial charge in [-0.3, -0.25) is 0 Å². The van der Waals surface area contributed by atoms with Crippen LogP contribution in [-0.2, 0) is 49.7 Å². The molecule has 0 fully saturated rings. The van der Waals surface area contributed by atoms with Crippen LogP contribution in [0.3, 0.4) is 0 Å². The van der Waals surface area contributed by atoms with Gasteiger partial charge in [-0.2, -0.15) is 0 Å². The predicted octanol–water partition coefficient (Wildman–Crippen LogP) is 4.12. The van der Waals surface area contributed by atoms with E-state index in [9.17, 15) is 0 Å². The fraction of sp³-hybridized carbons (Fsp3) is 0.333. The molecule has 40 heavy (non-hydrogen) atoms. The van der Waals surface area contributed by atoms with Gasteiger partial charge in [0.05, 0.1) is 0 Å². The van der Waals surface area contributed by atoms with Crippen molar-refractivity contribution in [3.05, 3.63) is 124 Å². The SMILES string of the molecule is Cc1cc(C)c2c(c1)C=C[C]2(C)[Zr+]([CH3])[C]1=CC=CC1.Cc1cc(C)c2c(c1)C=C[C]2(C)[Zr+]([CH3])[C]1=CC=CC1.[Cl-].[Cl-]. The van der Waals surface area contributed by atoms with Crippen molar-refractivity contribution in [3.63, 3.8) is 0 Å². The van der Waals surface area contributed by atoms with E-state index in [-0.39, 0.29) is 24.8 Å². The van der Waals surface area contributed by atoms with Crippen LogP contribution in [0.1, 0.15) is 71.2 Å². The summed E-state index contributed by atoms with van der Waals surface area (Å²) >= 11 is -3.27. The summed E-state index contributed by atoms with van der Waals surface area (Å²) in [6.45, 7) is 13.9. The second kappa shape index (κ2) is 13.3. The molecule has 208 valence electrons. The third kappa shape index (κ3) is 6.14. The topological polar surface area (TPSA) is 0 Å². The van der Waals surface area contributed by atoms with Crippen molar-refractivity contribution in [2.24, 2.45) is 0 Å². The first-order valence-electron chi connectivity index (χ1n) is 14.1. The van der Waals surface area contributed by atoms with Crippen molar-refractivity contribution in [3.8, 4) is 0 Å². The van der Waals surface area contributed by atoms with Gasteiger partial charge in [-0.1, -0.05) is 0 Å². The van der Waals surface area contributed by atoms with Gasteiger partial charge in [-0.15, -0.1) is 0 Å². The molecular weight excluding hydrogens is 686 g/mol. The Morgan fingerprint density at radius 3 is 1.30 bits per heavy atom. The second-order valence-electron chi connectivity index (χ2n) is 12.1. The molecule has 0 amide bonds. The smallest absolute Gasteiger partial charge is 1.00 e. The van der Waals surface area contributed by atoms with Gasteiger partial charge in [0.15, 0.2) is 0 Å². The number of allylic oxidation sites excluding steroid dienone is 10. The van der Waals surface area contributed by atoms with Crippen LogP contribution in [0.4, 0.5) is 0 Å². The van der Waals surface area contributed by atoms with Gasteiger partial charge in [-0.05, 0) is 0 Å². The quantitative estimate of drug-likeness (QED) is 0.445. The molecule has 0 saturated heterocycles. The molecule has 6 rings (SSSR count). The monoisotopic (exact) mass is 724 g/mol. The molecule has 0 heterocycles. The number of fused-ring (bicyclic) bond motifs is 2. The zero-order valence-electron chi connectivity index (χ0n) is 25.3. The molecule has 0 N–H and O–H groups in total. The molecule has 4 aliphatic carbocycles. The van der Waals surface area contributed by atoms with E-state index in [1.165, 1.54) is 46.2 Å². The third-order valence-electron chi connectivity index (χ3n) is 9.32. The van der Waals surface area contributed by atoms with Crippen molar-refractivity contribution >= 4 is 12.2 Å². The molecule has 0 nitrogen and oxygen atoms in total. The Morgan fingerprint density at radius 1 is 0.600 bits per heavy atom. The maximum Gasteiger partial charge on any atom is -1.00 e. The number of aryl methyl sites for hydroxylation is 4. The summed E-state index contributed by atoms with van der Waals surface area (Å²) in [7, 11) is 0. The fourth-order valence-electron chi connectivity index (χ4n) is 7.10. The first-order valence-corrected chi connectivity index (χ1v) is 23.9. The van der Waals surface area contributed by atoms with E-state index >= 15 is 0 Å². The Hall–Kier alpha value is -0.774. The summed E-state index contributed by atoms with van der Waals surface area (Å²) in [6.07, 6.45) is 26.0. The number of benzene rings is 2. The molecule has 0 bridgehead atoms. The van der Waals surface area contributed by atoms with Gasteiger partial charge >= 0.3 is 249 Å². The molecule has 2 aromatic carbocycles. The van der Waals surface area contributed by atoms with Gasteiger partial charge in [0.1, 0.15) is 0 Å². The van der Waals surface area contributed by atoms with Crippen LogP contribution >= 0.6 is 0 Å². The van der Waals surface area contributed by atoms with Crippen LogP contribution in [0.25, 0.3) is 12.2 Å². The number of hydrogen-bond acceptors (Lipinski definition) is 0. The van der Waals surface area contributed by atoms with Gasteiger partial charge in [-0.25, -0.2) is 0 Å². The number of halogens is 2. The summed E-state index contributed by atoms with van der Waals surface area (Å²) in [5, 5.41) is 0. The van der Waals surface area contributed by atoms with Crippen LogP contribution in [0.15, 0.2) is 79.4 Å². The van der Waals surface area contributed by atoms with E-state index in [0.717, 1.165) is 0 Å². The van der Waals surface area contributed by atoms with Crippen molar-refractivity contribution < 1.29 is 68.3 Å². The van der Waals surface area contributed by atoms with Crippen LogP contribution < -0.4 is 24.8 Å². The summed E-state index contributed by atoms with van der Waals surface area (Å²) in [5.41, 5.74) is 11.9. The maximum absolute atomic E-state index is 2.57. The number of rotatable bonds is 4. The third-order valence-corrected chi connectivity index (χ3v) is 25.6. The van der Waals surface area contributed by atoms with Gasteiger partial charge in [0, 0.05) is 0 Å². The first kappa shape index (κ1) is 33.7. The van der Waals surface area contributed by atoms with Gasteiger partial charge < -0.3 is 24.8 Å². The standard InChI is InChI=1S/2C12H13.2C5H5.2CH3.2ClH.2Zr/c2*1-8-6-10(3)12-9(2)4-5-11(12)7-8;2*1-2-4-5-3-1;;;;;;/h2*4-7H,1-3H3;2*1-3H,4H2;2*1H3;2*1H;;/q;;;;;;;;2*+1/p-2. The molecule has 2 aromatic rings. The van der Waals surface area contributed by atoms with E-state index in [4.69, 9.17) is 0 Å². The second-order valence-corrected chi connectivity index (χ2v) is 26.5. The molecule has 0 aromatic heterocycles. The number of hydrogen-bond donors (Lipinski definition) is 0. The molecule has 2 atom stereocenters. The molecule has 0 saturated carbocycles. The molecular formula is C36H42Cl2Zr2. The van der Waals surface area contributed by atoms with Crippen LogP contribution in [0.2, 0.25) is 9.26 Å². The van der Waals surface area contributed by atoms with E-state index in [2.05, 4.69) is 136 Å². The van der Waals surface area contributed by atoms with Crippen molar-refractivity contribution in [1.29, 1.82) is 0 Å². The Labute approximate surface area is 271 Å². The van der Waals surface area contributed by atoms with Crippen LogP contribution in [0.5, 0.6) is 0 Å². The van der Waals surface area contributed by atoms with Crippen LogP contribution in [0, 0.1) is 27.7 Å². The summed E-state index contributed by atoms with van der Waals surface area (Å²) in [5.74, 6) is 0.